The van der Waals surface area contributed by atoms with Crippen molar-refractivity contribution >= 4 is 11.7 Å². The molecule has 1 rings (SSSR count). The summed E-state index contributed by atoms with van der Waals surface area (Å²) in [5, 5.41) is 7.26. The van der Waals surface area contributed by atoms with E-state index < -0.39 is 0 Å². The van der Waals surface area contributed by atoms with E-state index >= 15 is 0 Å². The molecule has 0 aromatic heterocycles. The largest absolute Gasteiger partial charge is 0.493 e. The van der Waals surface area contributed by atoms with Crippen LogP contribution in [0.3, 0.4) is 0 Å². The lowest BCUT2D eigenvalue weighted by Crippen LogP contribution is -2.22. The van der Waals surface area contributed by atoms with Crippen LogP contribution in [0.15, 0.2) is 39.3 Å². The fourth-order valence-electron chi connectivity index (χ4n) is 1.21. The van der Waals surface area contributed by atoms with Crippen LogP contribution in [0.4, 0.5) is 0 Å². The Morgan fingerprint density at radius 2 is 1.88 bits per heavy atom. The van der Waals surface area contributed by atoms with Gasteiger partial charge in [0.05, 0.1) is 12.8 Å². The van der Waals surface area contributed by atoms with E-state index in [1.54, 1.807) is 31.2 Å². The maximum atomic E-state index is 12.0. The Kier molecular flexibility index (Phi) is 4.21. The summed E-state index contributed by atoms with van der Waals surface area (Å²) in [4.78, 5) is 12.0. The molecule has 0 heterocycles. The minimum Gasteiger partial charge on any atom is -0.493 e. The van der Waals surface area contributed by atoms with Crippen molar-refractivity contribution in [2.24, 2.45) is 21.7 Å². The molecule has 1 aromatic rings. The van der Waals surface area contributed by atoms with E-state index in [9.17, 15) is 4.79 Å². The lowest BCUT2D eigenvalue weighted by Gasteiger charge is -1.97. The van der Waals surface area contributed by atoms with Gasteiger partial charge in [0.15, 0.2) is 5.75 Å². The average molecular weight is 234 g/mol. The number of hydrogen-bond acceptors (Lipinski definition) is 4. The molecule has 0 aliphatic carbocycles. The van der Waals surface area contributed by atoms with Gasteiger partial charge in [-0.25, -0.2) is 0 Å². The zero-order valence-electron chi connectivity index (χ0n) is 9.68. The number of methoxy groups -OCH3 is 1. The maximum Gasteiger partial charge on any atom is 0.229 e. The highest BCUT2D eigenvalue weighted by atomic mass is 16.5. The van der Waals surface area contributed by atoms with Crippen LogP contribution in [-0.2, 0) is 0 Å². The van der Waals surface area contributed by atoms with E-state index in [-0.39, 0.29) is 17.1 Å². The second-order valence-electron chi connectivity index (χ2n) is 3.24. The molecular formula is C11H14N4O2. The molecule has 1 aromatic carbocycles. The van der Waals surface area contributed by atoms with Gasteiger partial charge in [0.25, 0.3) is 0 Å². The van der Waals surface area contributed by atoms with Crippen molar-refractivity contribution in [3.63, 3.8) is 0 Å². The molecule has 4 N–H and O–H groups in total. The summed E-state index contributed by atoms with van der Waals surface area (Å²) in [6.07, 6.45) is 0. The van der Waals surface area contributed by atoms with E-state index in [0.717, 1.165) is 0 Å². The second kappa shape index (κ2) is 5.64. The van der Waals surface area contributed by atoms with Gasteiger partial charge in [-0.05, 0) is 19.1 Å². The Bertz CT molecular complexity index is 519. The molecule has 0 saturated heterocycles. The molecule has 0 bridgehead atoms. The predicted molar refractivity (Wildman–Crippen MR) is 67.3 cm³/mol. The van der Waals surface area contributed by atoms with Crippen LogP contribution in [-0.4, -0.2) is 18.8 Å². The number of ether oxygens (including phenoxy) is 1. The smallest absolute Gasteiger partial charge is 0.229 e. The number of guanidine groups is 1. The van der Waals surface area contributed by atoms with Gasteiger partial charge in [-0.3, -0.25) is 4.79 Å². The normalized spacial score (nSPS) is 10.8. The summed E-state index contributed by atoms with van der Waals surface area (Å²) < 4.78 is 4.97. The van der Waals surface area contributed by atoms with Crippen molar-refractivity contribution < 1.29 is 4.74 Å². The van der Waals surface area contributed by atoms with E-state index in [1.807, 2.05) is 0 Å². The minimum absolute atomic E-state index is 0.163. The van der Waals surface area contributed by atoms with Crippen LogP contribution in [0, 0.1) is 0 Å². The third-order valence-corrected chi connectivity index (χ3v) is 2.02. The van der Waals surface area contributed by atoms with E-state index in [1.165, 1.54) is 7.11 Å². The Morgan fingerprint density at radius 1 is 1.24 bits per heavy atom. The first-order valence-corrected chi connectivity index (χ1v) is 4.87. The SMILES string of the molecule is COc1ccccc(/C(C)=N/N=C(N)N)c1=O. The molecule has 0 spiro atoms. The van der Waals surface area contributed by atoms with Gasteiger partial charge in [-0.2, -0.15) is 5.10 Å². The van der Waals surface area contributed by atoms with Crippen LogP contribution in [0.2, 0.25) is 0 Å². The second-order valence-corrected chi connectivity index (χ2v) is 3.24. The summed E-state index contributed by atoms with van der Waals surface area (Å²) in [6, 6.07) is 6.64. The fourth-order valence-corrected chi connectivity index (χ4v) is 1.21. The first kappa shape index (κ1) is 12.7. The zero-order valence-corrected chi connectivity index (χ0v) is 9.68. The fraction of sp³-hybridized carbons (Fsp3) is 0.182. The molecule has 0 fully saturated rings. The Balaban J connectivity index is 3.34. The van der Waals surface area contributed by atoms with Crippen molar-refractivity contribution in [2.45, 2.75) is 6.92 Å². The van der Waals surface area contributed by atoms with Crippen LogP contribution in [0.25, 0.3) is 0 Å². The van der Waals surface area contributed by atoms with Crippen LogP contribution >= 0.6 is 0 Å². The number of nitrogens with two attached hydrogens (primary N) is 2. The van der Waals surface area contributed by atoms with Gasteiger partial charge in [-0.1, -0.05) is 12.1 Å². The summed E-state index contributed by atoms with van der Waals surface area (Å²) in [5.74, 6) is 0.0771. The molecule has 0 aliphatic heterocycles. The molecule has 0 aliphatic rings. The molecule has 17 heavy (non-hydrogen) atoms. The van der Waals surface area contributed by atoms with E-state index in [4.69, 9.17) is 16.2 Å². The zero-order chi connectivity index (χ0) is 12.8. The molecule has 6 nitrogen and oxygen atoms in total. The molecule has 0 unspecified atom stereocenters. The average Bonchev–Trinajstić information content (AvgIpc) is 2.47. The van der Waals surface area contributed by atoms with Crippen molar-refractivity contribution in [3.05, 3.63) is 40.1 Å². The molecule has 0 amide bonds. The van der Waals surface area contributed by atoms with Gasteiger partial charge >= 0.3 is 0 Å². The number of hydrogen-bond donors (Lipinski definition) is 2. The van der Waals surface area contributed by atoms with Crippen molar-refractivity contribution in [2.75, 3.05) is 7.11 Å². The quantitative estimate of drug-likeness (QED) is 0.438. The van der Waals surface area contributed by atoms with Gasteiger partial charge in [0, 0.05) is 5.56 Å². The summed E-state index contributed by atoms with van der Waals surface area (Å²) >= 11 is 0. The monoisotopic (exact) mass is 234 g/mol. The third-order valence-electron chi connectivity index (χ3n) is 2.02. The number of rotatable bonds is 3. The lowest BCUT2D eigenvalue weighted by molar-refractivity contribution is 0.411. The van der Waals surface area contributed by atoms with Crippen molar-refractivity contribution in [1.29, 1.82) is 0 Å². The predicted octanol–water partition coefficient (Wildman–Crippen LogP) is 0.0528. The van der Waals surface area contributed by atoms with Gasteiger partial charge in [0.1, 0.15) is 0 Å². The van der Waals surface area contributed by atoms with Crippen LogP contribution in [0.5, 0.6) is 5.75 Å². The summed E-state index contributed by atoms with van der Waals surface area (Å²) in [7, 11) is 1.43. The standard InChI is InChI=1S/C11H14N4O2/c1-7(14-15-11(12)13)8-5-3-4-6-9(17-2)10(8)16/h3-6H,1-2H3,(H4,12,13,15)/b14-7+. The lowest BCUT2D eigenvalue weighted by atomic mass is 10.2. The van der Waals surface area contributed by atoms with Crippen LogP contribution in [0.1, 0.15) is 12.5 Å². The topological polar surface area (TPSA) is 103 Å². The van der Waals surface area contributed by atoms with Gasteiger partial charge < -0.3 is 16.2 Å². The first-order valence-electron chi connectivity index (χ1n) is 4.87. The molecule has 0 atom stereocenters. The van der Waals surface area contributed by atoms with E-state index in [2.05, 4.69) is 10.2 Å². The highest BCUT2D eigenvalue weighted by Crippen LogP contribution is 2.04. The highest BCUT2D eigenvalue weighted by molar-refractivity contribution is 5.99. The van der Waals surface area contributed by atoms with Gasteiger partial charge in [-0.15, -0.1) is 5.10 Å². The third kappa shape index (κ3) is 3.30. The molecular weight excluding hydrogens is 220 g/mol. The first-order chi connectivity index (χ1) is 8.06. The van der Waals surface area contributed by atoms with Crippen molar-refractivity contribution in [1.82, 2.24) is 0 Å². The van der Waals surface area contributed by atoms with Gasteiger partial charge in [0.2, 0.25) is 11.4 Å². The Labute approximate surface area is 98.6 Å². The molecule has 0 saturated carbocycles. The summed E-state index contributed by atoms with van der Waals surface area (Å²) in [5.41, 5.74) is 10.9. The van der Waals surface area contributed by atoms with Crippen molar-refractivity contribution in [3.8, 4) is 5.75 Å². The van der Waals surface area contributed by atoms with Crippen LogP contribution < -0.4 is 21.6 Å². The molecule has 90 valence electrons. The van der Waals surface area contributed by atoms with E-state index in [0.29, 0.717) is 11.3 Å². The maximum absolute atomic E-state index is 12.0. The summed E-state index contributed by atoms with van der Waals surface area (Å²) in [6.45, 7) is 1.64. The Hall–Kier alpha value is -2.37. The number of nitrogens with zero attached hydrogens (tertiary/aromatic N) is 2. The molecule has 0 radical (unpaired) electrons. The minimum atomic E-state index is -0.260. The highest BCUT2D eigenvalue weighted by Gasteiger charge is 2.06. The molecule has 6 heteroatoms. The Morgan fingerprint density at radius 3 is 2.47 bits per heavy atom.